The van der Waals surface area contributed by atoms with Gasteiger partial charge >= 0.3 is 12.1 Å². The normalized spacial score (nSPS) is 20.3. The zero-order valence-corrected chi connectivity index (χ0v) is 16.8. The molecule has 1 aromatic carbocycles. The second-order valence-electron chi connectivity index (χ2n) is 8.03. The van der Waals surface area contributed by atoms with E-state index in [1.807, 2.05) is 30.3 Å². The summed E-state index contributed by atoms with van der Waals surface area (Å²) in [6.07, 6.45) is 4.10. The van der Waals surface area contributed by atoms with Gasteiger partial charge in [-0.25, -0.2) is 4.79 Å². The molecule has 0 bridgehead atoms. The van der Waals surface area contributed by atoms with Crippen LogP contribution in [0.4, 0.5) is 4.79 Å². The molecule has 158 valence electrons. The molecule has 1 atom stereocenters. The van der Waals surface area contributed by atoms with Crippen molar-refractivity contribution in [2.75, 3.05) is 26.2 Å². The van der Waals surface area contributed by atoms with E-state index < -0.39 is 11.9 Å². The molecule has 2 aliphatic heterocycles. The van der Waals surface area contributed by atoms with E-state index in [-0.39, 0.29) is 18.6 Å². The number of benzene rings is 1. The van der Waals surface area contributed by atoms with Gasteiger partial charge < -0.3 is 19.6 Å². The van der Waals surface area contributed by atoms with Crippen LogP contribution in [0.5, 0.6) is 0 Å². The summed E-state index contributed by atoms with van der Waals surface area (Å²) in [5.41, 5.74) is 0.970. The van der Waals surface area contributed by atoms with Crippen LogP contribution in [0, 0.1) is 11.8 Å². The molecule has 1 N–H and O–H groups in total. The first kappa shape index (κ1) is 21.1. The van der Waals surface area contributed by atoms with Crippen LogP contribution in [0.2, 0.25) is 0 Å². The lowest BCUT2D eigenvalue weighted by Crippen LogP contribution is -2.42. The summed E-state index contributed by atoms with van der Waals surface area (Å²) in [6.45, 7) is 2.57. The minimum absolute atomic E-state index is 0.0562. The minimum atomic E-state index is -0.811. The number of likely N-dealkylation sites (tertiary alicyclic amines) is 2. The molecule has 0 radical (unpaired) electrons. The summed E-state index contributed by atoms with van der Waals surface area (Å²) in [5, 5.41) is 9.16. The van der Waals surface area contributed by atoms with Crippen LogP contribution in [-0.4, -0.2) is 59.1 Å². The van der Waals surface area contributed by atoms with Gasteiger partial charge in [-0.3, -0.25) is 9.59 Å². The maximum atomic E-state index is 12.4. The molecule has 2 saturated heterocycles. The fourth-order valence-electron chi connectivity index (χ4n) is 4.11. The highest BCUT2D eigenvalue weighted by Gasteiger charge is 2.29. The van der Waals surface area contributed by atoms with E-state index in [2.05, 4.69) is 0 Å². The predicted molar refractivity (Wildman–Crippen MR) is 107 cm³/mol. The average Bonchev–Trinajstić information content (AvgIpc) is 2.77. The van der Waals surface area contributed by atoms with Crippen molar-refractivity contribution in [3.05, 3.63) is 35.9 Å². The van der Waals surface area contributed by atoms with Crippen molar-refractivity contribution in [2.24, 2.45) is 11.8 Å². The highest BCUT2D eigenvalue weighted by Crippen LogP contribution is 2.24. The molecule has 0 aliphatic carbocycles. The number of carboxylic acids is 1. The zero-order chi connectivity index (χ0) is 20.6. The third-order valence-corrected chi connectivity index (χ3v) is 5.97. The first-order valence-electron chi connectivity index (χ1n) is 10.5. The number of piperidine rings is 2. The number of hydrogen-bond acceptors (Lipinski definition) is 4. The molecular weight excluding hydrogens is 372 g/mol. The smallest absolute Gasteiger partial charge is 0.410 e. The van der Waals surface area contributed by atoms with Crippen LogP contribution in [0.1, 0.15) is 44.1 Å². The van der Waals surface area contributed by atoms with Gasteiger partial charge in [0.1, 0.15) is 6.61 Å². The zero-order valence-electron chi connectivity index (χ0n) is 16.8. The maximum absolute atomic E-state index is 12.4. The molecule has 3 rings (SSSR count). The summed E-state index contributed by atoms with van der Waals surface area (Å²) in [6, 6.07) is 9.62. The van der Waals surface area contributed by atoms with Gasteiger partial charge in [0.15, 0.2) is 0 Å². The van der Waals surface area contributed by atoms with Gasteiger partial charge in [0, 0.05) is 32.6 Å². The molecule has 0 unspecified atom stereocenters. The third-order valence-electron chi connectivity index (χ3n) is 5.97. The molecule has 2 aliphatic rings. The Balaban J connectivity index is 1.34. The molecule has 0 aromatic heterocycles. The fourth-order valence-corrected chi connectivity index (χ4v) is 4.11. The Hall–Kier alpha value is -2.57. The predicted octanol–water partition coefficient (Wildman–Crippen LogP) is 3.14. The van der Waals surface area contributed by atoms with Crippen molar-refractivity contribution in [1.29, 1.82) is 0 Å². The Labute approximate surface area is 171 Å². The second kappa shape index (κ2) is 10.3. The Morgan fingerprint density at radius 1 is 1.00 bits per heavy atom. The molecule has 2 fully saturated rings. The van der Waals surface area contributed by atoms with E-state index in [1.165, 1.54) is 0 Å². The molecule has 29 heavy (non-hydrogen) atoms. The Kier molecular flexibility index (Phi) is 7.49. The Morgan fingerprint density at radius 2 is 1.72 bits per heavy atom. The van der Waals surface area contributed by atoms with E-state index in [0.717, 1.165) is 31.2 Å². The van der Waals surface area contributed by atoms with Crippen molar-refractivity contribution >= 4 is 18.0 Å². The molecular formula is C22H30N2O5. The number of carbonyl (C=O) groups is 3. The fraction of sp³-hybridized carbons (Fsp3) is 0.591. The Bertz CT molecular complexity index is 700. The second-order valence-corrected chi connectivity index (χ2v) is 8.03. The van der Waals surface area contributed by atoms with Crippen LogP contribution >= 0.6 is 0 Å². The number of hydrogen-bond donors (Lipinski definition) is 1. The summed E-state index contributed by atoms with van der Waals surface area (Å²) in [7, 11) is 0. The number of aliphatic carboxylic acids is 1. The van der Waals surface area contributed by atoms with E-state index in [9.17, 15) is 14.4 Å². The van der Waals surface area contributed by atoms with Gasteiger partial charge in [-0.1, -0.05) is 30.3 Å². The summed E-state index contributed by atoms with van der Waals surface area (Å²) >= 11 is 0. The SMILES string of the molecule is O=C(O)[C@@H]1CCCN(C(=O)CCC2CCN(C(=O)OCc3ccccc3)CC2)C1. The molecule has 0 saturated carbocycles. The van der Waals surface area contributed by atoms with Crippen LogP contribution < -0.4 is 0 Å². The molecule has 1 aromatic rings. The number of carbonyl (C=O) groups excluding carboxylic acids is 2. The summed E-state index contributed by atoms with van der Waals surface area (Å²) in [5.74, 6) is -0.773. The van der Waals surface area contributed by atoms with Crippen molar-refractivity contribution in [1.82, 2.24) is 9.80 Å². The summed E-state index contributed by atoms with van der Waals surface area (Å²) < 4.78 is 5.39. The van der Waals surface area contributed by atoms with Crippen molar-refractivity contribution < 1.29 is 24.2 Å². The van der Waals surface area contributed by atoms with E-state index in [1.54, 1.807) is 9.80 Å². The first-order valence-corrected chi connectivity index (χ1v) is 10.5. The highest BCUT2D eigenvalue weighted by molar-refractivity contribution is 5.78. The van der Waals surface area contributed by atoms with Crippen LogP contribution in [-0.2, 0) is 20.9 Å². The number of carboxylic acid groups (broad SMARTS) is 1. The average molecular weight is 402 g/mol. The molecule has 7 heteroatoms. The Morgan fingerprint density at radius 3 is 2.41 bits per heavy atom. The van der Waals surface area contributed by atoms with Gasteiger partial charge in [-0.05, 0) is 43.6 Å². The number of rotatable bonds is 6. The van der Waals surface area contributed by atoms with Crippen LogP contribution in [0.3, 0.4) is 0 Å². The largest absolute Gasteiger partial charge is 0.481 e. The number of amides is 2. The van der Waals surface area contributed by atoms with Gasteiger partial charge in [0.2, 0.25) is 5.91 Å². The number of nitrogens with zero attached hydrogens (tertiary/aromatic N) is 2. The van der Waals surface area contributed by atoms with Crippen LogP contribution in [0.25, 0.3) is 0 Å². The lowest BCUT2D eigenvalue weighted by molar-refractivity contribution is -0.145. The highest BCUT2D eigenvalue weighted by atomic mass is 16.6. The lowest BCUT2D eigenvalue weighted by atomic mass is 9.91. The van der Waals surface area contributed by atoms with Gasteiger partial charge in [0.05, 0.1) is 5.92 Å². The van der Waals surface area contributed by atoms with E-state index >= 15 is 0 Å². The van der Waals surface area contributed by atoms with Gasteiger partial charge in [-0.15, -0.1) is 0 Å². The lowest BCUT2D eigenvalue weighted by Gasteiger charge is -2.33. The summed E-state index contributed by atoms with van der Waals surface area (Å²) in [4.78, 5) is 39.3. The van der Waals surface area contributed by atoms with Crippen LogP contribution in [0.15, 0.2) is 30.3 Å². The monoisotopic (exact) mass is 402 g/mol. The topological polar surface area (TPSA) is 87.2 Å². The first-order chi connectivity index (χ1) is 14.0. The molecule has 7 nitrogen and oxygen atoms in total. The molecule has 2 heterocycles. The standard InChI is InChI=1S/C22H30N2O5/c25-20(24-12-4-7-19(15-24)21(26)27)9-8-17-10-13-23(14-11-17)22(28)29-16-18-5-2-1-3-6-18/h1-3,5-6,17,19H,4,7-16H2,(H,26,27)/t19-/m1/s1. The molecule has 2 amide bonds. The van der Waals surface area contributed by atoms with E-state index in [4.69, 9.17) is 9.84 Å². The van der Waals surface area contributed by atoms with Crippen molar-refractivity contribution in [3.8, 4) is 0 Å². The third kappa shape index (κ3) is 6.21. The van der Waals surface area contributed by atoms with Crippen molar-refractivity contribution in [2.45, 2.75) is 45.1 Å². The maximum Gasteiger partial charge on any atom is 0.410 e. The van der Waals surface area contributed by atoms with Crippen molar-refractivity contribution in [3.63, 3.8) is 0 Å². The number of ether oxygens (including phenoxy) is 1. The van der Waals surface area contributed by atoms with E-state index in [0.29, 0.717) is 44.9 Å². The molecule has 0 spiro atoms. The van der Waals surface area contributed by atoms with Gasteiger partial charge in [0.25, 0.3) is 0 Å². The minimum Gasteiger partial charge on any atom is -0.481 e. The van der Waals surface area contributed by atoms with Gasteiger partial charge in [-0.2, -0.15) is 0 Å². The quantitative estimate of drug-likeness (QED) is 0.790.